The second kappa shape index (κ2) is 7.53. The lowest BCUT2D eigenvalue weighted by molar-refractivity contribution is -0.116. The average molecular weight is 390 g/mol. The molecule has 1 heterocycles. The molecule has 140 valence electrons. The van der Waals surface area contributed by atoms with E-state index >= 15 is 0 Å². The Morgan fingerprint density at radius 3 is 2.46 bits per heavy atom. The Labute approximate surface area is 169 Å². The summed E-state index contributed by atoms with van der Waals surface area (Å²) in [6.07, 6.45) is 4.08. The van der Waals surface area contributed by atoms with Crippen LogP contribution in [-0.2, 0) is 11.3 Å². The molecule has 4 heteroatoms. The molecule has 0 bridgehead atoms. The van der Waals surface area contributed by atoms with Gasteiger partial charge in [0.1, 0.15) is 5.75 Å². The largest absolute Gasteiger partial charge is 0.496 e. The zero-order valence-corrected chi connectivity index (χ0v) is 16.5. The molecule has 0 fully saturated rings. The molecular weight excluding hydrogens is 370 g/mol. The van der Waals surface area contributed by atoms with Gasteiger partial charge >= 0.3 is 0 Å². The standard InChI is InChI=1S/C24H20ClNO2/c1-16(27)26-15-20-12-22(17-6-4-3-5-7-17)24(28-2)13-19(20)9-8-18-10-11-21(25)14-23(18)26/h3-14H,15H2,1-2H3/b9-8-. The van der Waals surface area contributed by atoms with Crippen molar-refractivity contribution in [2.45, 2.75) is 13.5 Å². The van der Waals surface area contributed by atoms with Crippen molar-refractivity contribution in [3.05, 3.63) is 82.4 Å². The Hall–Kier alpha value is -3.04. The van der Waals surface area contributed by atoms with E-state index in [1.54, 1.807) is 18.9 Å². The third kappa shape index (κ3) is 3.41. The lowest BCUT2D eigenvalue weighted by atomic mass is 9.95. The SMILES string of the molecule is COc1cc2c(cc1-c1ccccc1)CN(C(C)=O)c1cc(Cl)ccc1/C=C\2. The smallest absolute Gasteiger partial charge is 0.224 e. The summed E-state index contributed by atoms with van der Waals surface area (Å²) in [5.41, 5.74) is 5.94. The average Bonchev–Trinajstić information content (AvgIpc) is 2.70. The zero-order valence-electron chi connectivity index (χ0n) is 15.8. The van der Waals surface area contributed by atoms with Gasteiger partial charge in [-0.15, -0.1) is 0 Å². The van der Waals surface area contributed by atoms with Gasteiger partial charge < -0.3 is 9.64 Å². The normalized spacial score (nSPS) is 13.8. The fraction of sp³-hybridized carbons (Fsp3) is 0.125. The minimum absolute atomic E-state index is 0.0261. The van der Waals surface area contributed by atoms with Crippen LogP contribution < -0.4 is 9.64 Å². The van der Waals surface area contributed by atoms with E-state index in [0.717, 1.165) is 39.3 Å². The summed E-state index contributed by atoms with van der Waals surface area (Å²) in [4.78, 5) is 14.2. The van der Waals surface area contributed by atoms with E-state index in [1.807, 2.05) is 48.5 Å². The Bertz CT molecular complexity index is 1070. The molecule has 0 aliphatic carbocycles. The fourth-order valence-electron chi connectivity index (χ4n) is 3.55. The molecule has 3 nitrogen and oxygen atoms in total. The third-order valence-corrected chi connectivity index (χ3v) is 5.22. The van der Waals surface area contributed by atoms with Crippen molar-refractivity contribution in [1.29, 1.82) is 0 Å². The number of amides is 1. The summed E-state index contributed by atoms with van der Waals surface area (Å²) in [5.74, 6) is 0.780. The van der Waals surface area contributed by atoms with Gasteiger partial charge in [-0.05, 0) is 46.5 Å². The molecule has 0 spiro atoms. The predicted octanol–water partition coefficient (Wildman–Crippen LogP) is 6.05. The second-order valence-electron chi connectivity index (χ2n) is 6.76. The highest BCUT2D eigenvalue weighted by Crippen LogP contribution is 2.37. The van der Waals surface area contributed by atoms with Gasteiger partial charge in [0.05, 0.1) is 19.3 Å². The molecule has 1 aliphatic heterocycles. The molecule has 3 aromatic carbocycles. The Balaban J connectivity index is 1.91. The second-order valence-corrected chi connectivity index (χ2v) is 7.20. The third-order valence-electron chi connectivity index (χ3n) is 4.98. The van der Waals surface area contributed by atoms with Crippen molar-refractivity contribution in [2.75, 3.05) is 12.0 Å². The monoisotopic (exact) mass is 389 g/mol. The van der Waals surface area contributed by atoms with Crippen molar-refractivity contribution < 1.29 is 9.53 Å². The highest BCUT2D eigenvalue weighted by molar-refractivity contribution is 6.31. The molecule has 0 radical (unpaired) electrons. The maximum Gasteiger partial charge on any atom is 0.224 e. The van der Waals surface area contributed by atoms with E-state index in [-0.39, 0.29) is 5.91 Å². The lowest BCUT2D eigenvalue weighted by Gasteiger charge is -2.27. The van der Waals surface area contributed by atoms with E-state index in [9.17, 15) is 4.79 Å². The topological polar surface area (TPSA) is 29.5 Å². The number of halogens is 1. The Morgan fingerprint density at radius 2 is 1.75 bits per heavy atom. The first-order chi connectivity index (χ1) is 13.6. The minimum atomic E-state index is -0.0261. The van der Waals surface area contributed by atoms with Crippen LogP contribution in [0.15, 0.2) is 60.7 Å². The van der Waals surface area contributed by atoms with Crippen molar-refractivity contribution in [2.24, 2.45) is 0 Å². The van der Waals surface area contributed by atoms with Gasteiger partial charge in [0.25, 0.3) is 0 Å². The zero-order chi connectivity index (χ0) is 19.7. The molecule has 28 heavy (non-hydrogen) atoms. The number of ether oxygens (including phenoxy) is 1. The number of anilines is 1. The van der Waals surface area contributed by atoms with E-state index < -0.39 is 0 Å². The van der Waals surface area contributed by atoms with Crippen LogP contribution in [0.1, 0.15) is 23.6 Å². The van der Waals surface area contributed by atoms with Crippen LogP contribution in [0.5, 0.6) is 5.75 Å². The van der Waals surface area contributed by atoms with Gasteiger partial charge in [-0.1, -0.05) is 60.2 Å². The van der Waals surface area contributed by atoms with Crippen LogP contribution >= 0.6 is 11.6 Å². The van der Waals surface area contributed by atoms with Crippen molar-refractivity contribution >= 4 is 35.3 Å². The number of hydrogen-bond donors (Lipinski definition) is 0. The van der Waals surface area contributed by atoms with Crippen LogP contribution in [0.25, 0.3) is 23.3 Å². The number of rotatable bonds is 2. The summed E-state index contributed by atoms with van der Waals surface area (Å²) in [6.45, 7) is 2.05. The van der Waals surface area contributed by atoms with Gasteiger partial charge in [-0.3, -0.25) is 4.79 Å². The molecule has 0 saturated carbocycles. The number of carbonyl (C=O) groups is 1. The maximum absolute atomic E-state index is 12.5. The molecule has 1 aliphatic rings. The maximum atomic E-state index is 12.5. The summed E-state index contributed by atoms with van der Waals surface area (Å²) >= 11 is 6.21. The number of fused-ring (bicyclic) bond motifs is 2. The van der Waals surface area contributed by atoms with Crippen molar-refractivity contribution in [1.82, 2.24) is 0 Å². The molecular formula is C24H20ClNO2. The summed E-state index contributed by atoms with van der Waals surface area (Å²) < 4.78 is 5.67. The van der Waals surface area contributed by atoms with Gasteiger partial charge in [0.15, 0.2) is 0 Å². The van der Waals surface area contributed by atoms with Crippen molar-refractivity contribution in [3.8, 4) is 16.9 Å². The van der Waals surface area contributed by atoms with Gasteiger partial charge in [-0.25, -0.2) is 0 Å². The first-order valence-electron chi connectivity index (χ1n) is 9.09. The molecule has 4 rings (SSSR count). The fourth-order valence-corrected chi connectivity index (χ4v) is 3.72. The van der Waals surface area contributed by atoms with Crippen LogP contribution in [0.2, 0.25) is 5.02 Å². The number of hydrogen-bond acceptors (Lipinski definition) is 2. The van der Waals surface area contributed by atoms with Crippen molar-refractivity contribution in [3.63, 3.8) is 0 Å². The molecule has 3 aromatic rings. The summed E-state index contributed by atoms with van der Waals surface area (Å²) in [7, 11) is 1.68. The van der Waals surface area contributed by atoms with Gasteiger partial charge in [-0.2, -0.15) is 0 Å². The number of carbonyl (C=O) groups excluding carboxylic acids is 1. The highest BCUT2D eigenvalue weighted by Gasteiger charge is 2.20. The summed E-state index contributed by atoms with van der Waals surface area (Å²) in [5, 5.41) is 0.610. The highest BCUT2D eigenvalue weighted by atomic mass is 35.5. The van der Waals surface area contributed by atoms with E-state index in [2.05, 4.69) is 24.3 Å². The number of benzene rings is 3. The van der Waals surface area contributed by atoms with E-state index in [0.29, 0.717) is 11.6 Å². The molecule has 0 N–H and O–H groups in total. The number of methoxy groups -OCH3 is 1. The van der Waals surface area contributed by atoms with Crippen LogP contribution in [0, 0.1) is 0 Å². The Kier molecular flexibility index (Phi) is 4.93. The van der Waals surface area contributed by atoms with Gasteiger partial charge in [0.2, 0.25) is 5.91 Å². The molecule has 0 atom stereocenters. The van der Waals surface area contributed by atoms with Crippen LogP contribution in [0.3, 0.4) is 0 Å². The molecule has 0 unspecified atom stereocenters. The summed E-state index contributed by atoms with van der Waals surface area (Å²) in [6, 6.07) is 19.9. The molecule has 1 amide bonds. The quantitative estimate of drug-likeness (QED) is 0.533. The first-order valence-corrected chi connectivity index (χ1v) is 9.46. The minimum Gasteiger partial charge on any atom is -0.496 e. The number of nitrogens with zero attached hydrogens (tertiary/aromatic N) is 1. The molecule has 0 saturated heterocycles. The Morgan fingerprint density at radius 1 is 1.00 bits per heavy atom. The predicted molar refractivity (Wildman–Crippen MR) is 116 cm³/mol. The first kappa shape index (κ1) is 18.3. The van der Waals surface area contributed by atoms with E-state index in [1.165, 1.54) is 0 Å². The van der Waals surface area contributed by atoms with Crippen LogP contribution in [0.4, 0.5) is 5.69 Å². The molecule has 0 aromatic heterocycles. The lowest BCUT2D eigenvalue weighted by Crippen LogP contribution is -2.29. The van der Waals surface area contributed by atoms with Gasteiger partial charge in [0, 0.05) is 17.5 Å². The van der Waals surface area contributed by atoms with Crippen LogP contribution in [-0.4, -0.2) is 13.0 Å². The van der Waals surface area contributed by atoms with E-state index in [4.69, 9.17) is 16.3 Å².